The average Bonchev–Trinajstić information content (AvgIpc) is 3.13. The van der Waals surface area contributed by atoms with Crippen molar-refractivity contribution >= 4 is 23.6 Å². The first-order valence-corrected chi connectivity index (χ1v) is 13.1. The number of hydrogen-bond acceptors (Lipinski definition) is 8. The highest BCUT2D eigenvalue weighted by Gasteiger charge is 2.24. The highest BCUT2D eigenvalue weighted by Crippen LogP contribution is 2.32. The SMILES string of the molecule is CC.CC(C)(C)OC=O.Cc1cc(CN(C)C)cc(F)c1-c1nc2c(C)nn(C(=O)OC(C)(C)C)c2cc1C#N. The van der Waals surface area contributed by atoms with Crippen molar-refractivity contribution in [2.75, 3.05) is 14.1 Å². The number of rotatable bonds is 4. The van der Waals surface area contributed by atoms with Crippen molar-refractivity contribution in [1.29, 1.82) is 5.26 Å². The normalized spacial score (nSPS) is 11.1. The van der Waals surface area contributed by atoms with E-state index in [-0.39, 0.29) is 22.4 Å². The molecule has 3 aromatic rings. The molecule has 0 N–H and O–H groups in total. The predicted octanol–water partition coefficient (Wildman–Crippen LogP) is 6.55. The summed E-state index contributed by atoms with van der Waals surface area (Å²) in [5, 5.41) is 14.0. The van der Waals surface area contributed by atoms with Gasteiger partial charge in [0.2, 0.25) is 0 Å². The Labute approximate surface area is 236 Å². The fourth-order valence-electron chi connectivity index (χ4n) is 3.62. The number of aryl methyl sites for hydroxylation is 2. The van der Waals surface area contributed by atoms with Crippen molar-refractivity contribution in [1.82, 2.24) is 19.7 Å². The van der Waals surface area contributed by atoms with Crippen LogP contribution < -0.4 is 0 Å². The van der Waals surface area contributed by atoms with E-state index < -0.39 is 17.5 Å². The van der Waals surface area contributed by atoms with Gasteiger partial charge in [-0.05, 0) is 92.7 Å². The van der Waals surface area contributed by atoms with Crippen molar-refractivity contribution in [3.05, 3.63) is 46.4 Å². The third-order valence-corrected chi connectivity index (χ3v) is 4.99. The number of benzene rings is 1. The first kappa shape index (κ1) is 34.2. The van der Waals surface area contributed by atoms with Gasteiger partial charge in [0.15, 0.2) is 0 Å². The van der Waals surface area contributed by atoms with Crippen LogP contribution in [0.5, 0.6) is 0 Å². The number of nitriles is 1. The van der Waals surface area contributed by atoms with Crippen molar-refractivity contribution in [3.63, 3.8) is 0 Å². The van der Waals surface area contributed by atoms with Crippen LogP contribution in [-0.4, -0.2) is 57.5 Å². The molecular formula is C30H42FN5O4. The molecule has 0 bridgehead atoms. The summed E-state index contributed by atoms with van der Waals surface area (Å²) in [6.45, 7) is 19.3. The molecule has 0 fully saturated rings. The minimum Gasteiger partial charge on any atom is -0.462 e. The van der Waals surface area contributed by atoms with Gasteiger partial charge in [-0.15, -0.1) is 0 Å². The lowest BCUT2D eigenvalue weighted by atomic mass is 9.98. The van der Waals surface area contributed by atoms with Crippen molar-refractivity contribution in [2.24, 2.45) is 0 Å². The van der Waals surface area contributed by atoms with Gasteiger partial charge < -0.3 is 14.4 Å². The van der Waals surface area contributed by atoms with E-state index in [1.165, 1.54) is 12.1 Å². The van der Waals surface area contributed by atoms with Crippen LogP contribution >= 0.6 is 0 Å². The lowest BCUT2D eigenvalue weighted by Crippen LogP contribution is -2.27. The van der Waals surface area contributed by atoms with Gasteiger partial charge in [0.05, 0.1) is 17.0 Å². The Balaban J connectivity index is 0.000000775. The maximum Gasteiger partial charge on any atom is 0.435 e. The number of fused-ring (bicyclic) bond motifs is 1. The Morgan fingerprint density at radius 3 is 2.12 bits per heavy atom. The Morgan fingerprint density at radius 1 is 1.10 bits per heavy atom. The highest BCUT2D eigenvalue weighted by atomic mass is 19.1. The van der Waals surface area contributed by atoms with Gasteiger partial charge in [-0.1, -0.05) is 19.9 Å². The van der Waals surface area contributed by atoms with Gasteiger partial charge in [0, 0.05) is 12.1 Å². The molecule has 0 aliphatic carbocycles. The number of halogens is 1. The van der Waals surface area contributed by atoms with Crippen LogP contribution in [0.4, 0.5) is 9.18 Å². The fraction of sp³-hybridized carbons (Fsp3) is 0.500. The average molecular weight is 556 g/mol. The minimum atomic E-state index is -0.705. The standard InChI is InChI=1S/C23H26FN5O2.C5H10O2.C2H6/c1-13-8-15(12-28(6)7)9-17(24)19(13)21-16(11-25)10-18-20(26-21)14(2)27-29(18)22(30)31-23(3,4)5;1-5(2,3)7-4-6;1-2/h8-10H,12H2,1-7H3;4H,1-3H3;1-2H3. The number of aromatic nitrogens is 3. The van der Waals surface area contributed by atoms with E-state index in [2.05, 4.69) is 20.9 Å². The molecule has 218 valence electrons. The molecule has 0 amide bonds. The minimum absolute atomic E-state index is 0.152. The van der Waals surface area contributed by atoms with Crippen LogP contribution in [0.1, 0.15) is 77.8 Å². The topological polar surface area (TPSA) is 110 Å². The molecule has 0 aliphatic heterocycles. The summed E-state index contributed by atoms with van der Waals surface area (Å²) < 4.78 is 26.2. The molecule has 0 saturated carbocycles. The summed E-state index contributed by atoms with van der Waals surface area (Å²) in [6.07, 6.45) is -0.667. The Bertz CT molecular complexity index is 1350. The molecular weight excluding hydrogens is 513 g/mol. The van der Waals surface area contributed by atoms with Gasteiger partial charge in [-0.3, -0.25) is 4.79 Å². The molecule has 0 aliphatic rings. The van der Waals surface area contributed by atoms with E-state index in [1.54, 1.807) is 34.6 Å². The fourth-order valence-corrected chi connectivity index (χ4v) is 3.62. The molecule has 10 heteroatoms. The van der Waals surface area contributed by atoms with Crippen LogP contribution in [0.25, 0.3) is 22.3 Å². The van der Waals surface area contributed by atoms with E-state index in [0.717, 1.165) is 10.2 Å². The second-order valence-electron chi connectivity index (χ2n) is 11.2. The summed E-state index contributed by atoms with van der Waals surface area (Å²) in [6, 6.07) is 6.94. The van der Waals surface area contributed by atoms with Gasteiger partial charge in [-0.2, -0.15) is 15.0 Å². The lowest BCUT2D eigenvalue weighted by molar-refractivity contribution is -0.138. The van der Waals surface area contributed by atoms with Crippen LogP contribution in [0.15, 0.2) is 18.2 Å². The lowest BCUT2D eigenvalue weighted by Gasteiger charge is -2.19. The smallest absolute Gasteiger partial charge is 0.435 e. The summed E-state index contributed by atoms with van der Waals surface area (Å²) in [5.41, 5.74) is 2.37. The predicted molar refractivity (Wildman–Crippen MR) is 154 cm³/mol. The van der Waals surface area contributed by atoms with E-state index in [9.17, 15) is 14.9 Å². The number of carbonyl (C=O) groups excluding carboxylic acids is 2. The van der Waals surface area contributed by atoms with Gasteiger partial charge in [0.25, 0.3) is 6.47 Å². The summed E-state index contributed by atoms with van der Waals surface area (Å²) in [7, 11) is 3.82. The zero-order valence-corrected chi connectivity index (χ0v) is 25.8. The Morgan fingerprint density at radius 2 is 1.70 bits per heavy atom. The van der Waals surface area contributed by atoms with Gasteiger partial charge >= 0.3 is 6.09 Å². The van der Waals surface area contributed by atoms with E-state index >= 15 is 4.39 Å². The monoisotopic (exact) mass is 555 g/mol. The molecule has 2 heterocycles. The number of nitrogens with zero attached hydrogens (tertiary/aromatic N) is 5. The summed E-state index contributed by atoms with van der Waals surface area (Å²) in [4.78, 5) is 28.7. The maximum absolute atomic E-state index is 15.1. The molecule has 9 nitrogen and oxygen atoms in total. The number of hydrogen-bond donors (Lipinski definition) is 0. The zero-order valence-electron chi connectivity index (χ0n) is 25.8. The zero-order chi connectivity index (χ0) is 31.0. The van der Waals surface area contributed by atoms with Crippen LogP contribution in [0.2, 0.25) is 0 Å². The van der Waals surface area contributed by atoms with Crippen LogP contribution in [0.3, 0.4) is 0 Å². The summed E-state index contributed by atoms with van der Waals surface area (Å²) >= 11 is 0. The first-order chi connectivity index (χ1) is 18.5. The third-order valence-electron chi connectivity index (χ3n) is 4.99. The molecule has 3 rings (SSSR count). The molecule has 0 atom stereocenters. The molecule has 0 radical (unpaired) electrons. The van der Waals surface area contributed by atoms with Gasteiger partial charge in [0.1, 0.15) is 34.1 Å². The maximum atomic E-state index is 15.1. The van der Waals surface area contributed by atoms with Crippen molar-refractivity contribution < 1.29 is 23.5 Å². The van der Waals surface area contributed by atoms with E-state index in [4.69, 9.17) is 4.74 Å². The molecule has 40 heavy (non-hydrogen) atoms. The Hall–Kier alpha value is -3.84. The second kappa shape index (κ2) is 14.0. The third kappa shape index (κ3) is 9.42. The van der Waals surface area contributed by atoms with Crippen molar-refractivity contribution in [3.8, 4) is 17.3 Å². The van der Waals surface area contributed by atoms with E-state index in [0.29, 0.717) is 35.3 Å². The number of pyridine rings is 1. The van der Waals surface area contributed by atoms with Gasteiger partial charge in [-0.25, -0.2) is 14.2 Å². The van der Waals surface area contributed by atoms with Crippen LogP contribution in [-0.2, 0) is 20.8 Å². The second-order valence-corrected chi connectivity index (χ2v) is 11.2. The quantitative estimate of drug-likeness (QED) is 0.333. The molecule has 2 aromatic heterocycles. The van der Waals surface area contributed by atoms with Crippen LogP contribution in [0, 0.1) is 31.0 Å². The molecule has 1 aromatic carbocycles. The van der Waals surface area contributed by atoms with E-state index in [1.807, 2.05) is 59.7 Å². The largest absolute Gasteiger partial charge is 0.462 e. The number of carbonyl (C=O) groups is 2. The highest BCUT2D eigenvalue weighted by molar-refractivity contribution is 5.90. The molecule has 0 saturated heterocycles. The molecule has 0 spiro atoms. The summed E-state index contributed by atoms with van der Waals surface area (Å²) in [5.74, 6) is -0.447. The molecule has 0 unspecified atom stereocenters. The first-order valence-electron chi connectivity index (χ1n) is 13.1. The Kier molecular flexibility index (Phi) is 12.0. The number of ether oxygens (including phenoxy) is 2. The van der Waals surface area contributed by atoms with Crippen molar-refractivity contribution in [2.45, 2.75) is 87.0 Å².